The van der Waals surface area contributed by atoms with Gasteiger partial charge >= 0.3 is 0 Å². The topological polar surface area (TPSA) is 67.8 Å². The van der Waals surface area contributed by atoms with Crippen molar-refractivity contribution in [2.24, 2.45) is 11.8 Å². The first-order chi connectivity index (χ1) is 10.7. The van der Waals surface area contributed by atoms with Crippen LogP contribution in [-0.2, 0) is 14.3 Å². The van der Waals surface area contributed by atoms with Crippen molar-refractivity contribution >= 4 is 5.91 Å². The lowest BCUT2D eigenvalue weighted by Gasteiger charge is -2.35. The summed E-state index contributed by atoms with van der Waals surface area (Å²) in [5, 5.41) is 12.1. The van der Waals surface area contributed by atoms with Crippen molar-refractivity contribution in [2.75, 3.05) is 13.2 Å². The van der Waals surface area contributed by atoms with Crippen LogP contribution in [0, 0.1) is 11.8 Å². The van der Waals surface area contributed by atoms with E-state index in [1.807, 2.05) is 13.0 Å². The first-order valence-corrected chi connectivity index (χ1v) is 8.57. The van der Waals surface area contributed by atoms with Gasteiger partial charge in [0, 0.05) is 25.2 Å². The lowest BCUT2D eigenvalue weighted by atomic mass is 9.86. The van der Waals surface area contributed by atoms with Crippen molar-refractivity contribution in [3.63, 3.8) is 0 Å². The largest absolute Gasteiger partial charge is 0.459 e. The number of allylic oxidation sites excluding steroid dienone is 1. The van der Waals surface area contributed by atoms with E-state index in [2.05, 4.69) is 12.2 Å². The molecule has 0 radical (unpaired) electrons. The summed E-state index contributed by atoms with van der Waals surface area (Å²) in [7, 11) is 0. The van der Waals surface area contributed by atoms with E-state index in [0.29, 0.717) is 12.4 Å². The highest BCUT2D eigenvalue weighted by Crippen LogP contribution is 2.32. The van der Waals surface area contributed by atoms with E-state index >= 15 is 0 Å². The van der Waals surface area contributed by atoms with E-state index in [4.69, 9.17) is 14.6 Å². The standard InChI is InChI=1S/C17H29NO4/c1-3-21-17-14(9-6-10-19)12(2)11-15(22-17)16(20)18-13-7-4-5-8-13/h11-14,17,19H,3-10H2,1-2H3,(H,18,20)/t12-,14+,17+/m1/s1. The predicted octanol–water partition coefficient (Wildman–Crippen LogP) is 2.35. The molecule has 2 N–H and O–H groups in total. The van der Waals surface area contributed by atoms with Crippen LogP contribution in [0.4, 0.5) is 0 Å². The van der Waals surface area contributed by atoms with Crippen LogP contribution in [0.15, 0.2) is 11.8 Å². The molecular formula is C17H29NO4. The van der Waals surface area contributed by atoms with Crippen molar-refractivity contribution in [1.29, 1.82) is 0 Å². The van der Waals surface area contributed by atoms with Crippen LogP contribution >= 0.6 is 0 Å². The second kappa shape index (κ2) is 8.53. The van der Waals surface area contributed by atoms with E-state index in [9.17, 15) is 4.79 Å². The number of aliphatic hydroxyl groups is 1. The Labute approximate surface area is 133 Å². The fourth-order valence-corrected chi connectivity index (χ4v) is 3.37. The Bertz CT molecular complexity index is 390. The van der Waals surface area contributed by atoms with E-state index in [1.165, 1.54) is 12.8 Å². The van der Waals surface area contributed by atoms with Crippen LogP contribution in [0.2, 0.25) is 0 Å². The second-order valence-corrected chi connectivity index (χ2v) is 6.32. The molecule has 22 heavy (non-hydrogen) atoms. The minimum atomic E-state index is -0.402. The molecule has 0 aromatic carbocycles. The number of hydrogen-bond donors (Lipinski definition) is 2. The Kier molecular flexibility index (Phi) is 6.70. The van der Waals surface area contributed by atoms with Crippen LogP contribution in [-0.4, -0.2) is 36.6 Å². The molecule has 0 bridgehead atoms. The molecular weight excluding hydrogens is 282 g/mol. The SMILES string of the molecule is CCO[C@H]1OC(C(=O)NC2CCCC2)=C[C@@H](C)[C@@H]1CCCO. The van der Waals surface area contributed by atoms with Gasteiger partial charge in [-0.3, -0.25) is 4.79 Å². The zero-order valence-corrected chi connectivity index (χ0v) is 13.7. The molecule has 3 atom stereocenters. The smallest absolute Gasteiger partial charge is 0.286 e. The van der Waals surface area contributed by atoms with Crippen LogP contribution in [0.1, 0.15) is 52.4 Å². The van der Waals surface area contributed by atoms with Crippen LogP contribution in [0.25, 0.3) is 0 Å². The number of rotatable bonds is 7. The normalized spacial score (nSPS) is 29.0. The van der Waals surface area contributed by atoms with E-state index in [-0.39, 0.29) is 30.4 Å². The van der Waals surface area contributed by atoms with Crippen LogP contribution in [0.5, 0.6) is 0 Å². The summed E-state index contributed by atoms with van der Waals surface area (Å²) < 4.78 is 11.5. The fourth-order valence-electron chi connectivity index (χ4n) is 3.37. The molecule has 1 saturated carbocycles. The number of carbonyl (C=O) groups is 1. The number of nitrogens with one attached hydrogen (secondary N) is 1. The number of aliphatic hydroxyl groups excluding tert-OH is 1. The quantitative estimate of drug-likeness (QED) is 0.757. The molecule has 0 spiro atoms. The highest BCUT2D eigenvalue weighted by molar-refractivity contribution is 5.91. The Balaban J connectivity index is 2.00. The molecule has 2 rings (SSSR count). The van der Waals surface area contributed by atoms with Gasteiger partial charge in [0.15, 0.2) is 5.76 Å². The molecule has 1 aliphatic heterocycles. The highest BCUT2D eigenvalue weighted by atomic mass is 16.7. The van der Waals surface area contributed by atoms with E-state index in [1.54, 1.807) is 0 Å². The van der Waals surface area contributed by atoms with Gasteiger partial charge < -0.3 is 19.9 Å². The minimum absolute atomic E-state index is 0.121. The van der Waals surface area contributed by atoms with Gasteiger partial charge in [0.2, 0.25) is 6.29 Å². The van der Waals surface area contributed by atoms with E-state index in [0.717, 1.165) is 25.7 Å². The van der Waals surface area contributed by atoms with Crippen molar-refractivity contribution in [3.8, 4) is 0 Å². The van der Waals surface area contributed by atoms with Crippen LogP contribution in [0.3, 0.4) is 0 Å². The van der Waals surface area contributed by atoms with Gasteiger partial charge in [0.25, 0.3) is 5.91 Å². The minimum Gasteiger partial charge on any atom is -0.459 e. The first kappa shape index (κ1) is 17.3. The Morgan fingerprint density at radius 3 is 2.82 bits per heavy atom. The molecule has 1 amide bonds. The van der Waals surface area contributed by atoms with Gasteiger partial charge in [-0.2, -0.15) is 0 Å². The Morgan fingerprint density at radius 1 is 1.45 bits per heavy atom. The third-order valence-electron chi connectivity index (χ3n) is 4.62. The molecule has 0 saturated heterocycles. The lowest BCUT2D eigenvalue weighted by molar-refractivity contribution is -0.171. The van der Waals surface area contributed by atoms with Gasteiger partial charge in [-0.05, 0) is 44.6 Å². The van der Waals surface area contributed by atoms with Gasteiger partial charge in [-0.15, -0.1) is 0 Å². The lowest BCUT2D eigenvalue weighted by Crippen LogP contribution is -2.41. The predicted molar refractivity (Wildman–Crippen MR) is 84.0 cm³/mol. The summed E-state index contributed by atoms with van der Waals surface area (Å²) in [4.78, 5) is 12.4. The van der Waals surface area contributed by atoms with E-state index < -0.39 is 6.29 Å². The Hall–Kier alpha value is -1.07. The monoisotopic (exact) mass is 311 g/mol. The van der Waals surface area contributed by atoms with Gasteiger partial charge in [-0.1, -0.05) is 19.8 Å². The van der Waals surface area contributed by atoms with Crippen molar-refractivity contribution in [2.45, 2.75) is 64.7 Å². The summed E-state index contributed by atoms with van der Waals surface area (Å²) in [6, 6.07) is 0.282. The van der Waals surface area contributed by atoms with Crippen molar-refractivity contribution in [1.82, 2.24) is 5.32 Å². The maximum absolute atomic E-state index is 12.4. The van der Waals surface area contributed by atoms with Crippen LogP contribution < -0.4 is 5.32 Å². The molecule has 0 aromatic heterocycles. The number of ether oxygens (including phenoxy) is 2. The molecule has 5 nitrogen and oxygen atoms in total. The molecule has 2 aliphatic rings. The molecule has 1 aliphatic carbocycles. The van der Waals surface area contributed by atoms with Gasteiger partial charge in [-0.25, -0.2) is 0 Å². The zero-order chi connectivity index (χ0) is 15.9. The molecule has 0 aromatic rings. The summed E-state index contributed by atoms with van der Waals surface area (Å²) in [5.41, 5.74) is 0. The molecule has 5 heteroatoms. The summed E-state index contributed by atoms with van der Waals surface area (Å²) in [5.74, 6) is 0.637. The first-order valence-electron chi connectivity index (χ1n) is 8.57. The summed E-state index contributed by atoms with van der Waals surface area (Å²) in [6.45, 7) is 4.72. The third-order valence-corrected chi connectivity index (χ3v) is 4.62. The number of amides is 1. The average molecular weight is 311 g/mol. The second-order valence-electron chi connectivity index (χ2n) is 6.32. The van der Waals surface area contributed by atoms with Crippen molar-refractivity contribution in [3.05, 3.63) is 11.8 Å². The molecule has 0 unspecified atom stereocenters. The zero-order valence-electron chi connectivity index (χ0n) is 13.7. The van der Waals surface area contributed by atoms with Gasteiger partial charge in [0.1, 0.15) is 0 Å². The maximum Gasteiger partial charge on any atom is 0.286 e. The maximum atomic E-state index is 12.4. The van der Waals surface area contributed by atoms with Crippen molar-refractivity contribution < 1.29 is 19.4 Å². The number of hydrogen-bond acceptors (Lipinski definition) is 4. The molecule has 1 heterocycles. The highest BCUT2D eigenvalue weighted by Gasteiger charge is 2.35. The average Bonchev–Trinajstić information content (AvgIpc) is 2.99. The molecule has 126 valence electrons. The summed E-state index contributed by atoms with van der Waals surface area (Å²) >= 11 is 0. The fraction of sp³-hybridized carbons (Fsp3) is 0.824. The molecule has 1 fully saturated rings. The van der Waals surface area contributed by atoms with Gasteiger partial charge in [0.05, 0.1) is 0 Å². The Morgan fingerprint density at radius 2 is 2.18 bits per heavy atom. The number of carbonyl (C=O) groups excluding carboxylic acids is 1. The summed E-state index contributed by atoms with van der Waals surface area (Å²) in [6.07, 6.45) is 7.54. The third kappa shape index (κ3) is 4.46.